The monoisotopic (exact) mass is 338 g/mol. The molecule has 22 heavy (non-hydrogen) atoms. The van der Waals surface area contributed by atoms with Gasteiger partial charge in [0.2, 0.25) is 0 Å². The molecule has 2 rings (SSSR count). The quantitative estimate of drug-likeness (QED) is 0.641. The molecule has 0 aliphatic heterocycles. The molecule has 2 aromatic rings. The van der Waals surface area contributed by atoms with E-state index < -0.39 is 12.1 Å². The molecule has 0 aliphatic carbocycles. The van der Waals surface area contributed by atoms with Gasteiger partial charge in [-0.05, 0) is 24.7 Å². The van der Waals surface area contributed by atoms with Gasteiger partial charge in [-0.1, -0.05) is 41.7 Å². The van der Waals surface area contributed by atoms with Gasteiger partial charge < -0.3 is 14.5 Å². The third-order valence-electron chi connectivity index (χ3n) is 2.56. The van der Waals surface area contributed by atoms with Crippen molar-refractivity contribution in [2.75, 3.05) is 11.9 Å². The van der Waals surface area contributed by atoms with E-state index in [4.69, 9.17) is 21.7 Å². The third-order valence-corrected chi connectivity index (χ3v) is 3.71. The number of hydrogen-bond donors (Lipinski definition) is 2. The van der Waals surface area contributed by atoms with E-state index in [-0.39, 0.29) is 23.9 Å². The van der Waals surface area contributed by atoms with E-state index in [0.717, 1.165) is 16.9 Å². The molecule has 0 fully saturated rings. The van der Waals surface area contributed by atoms with Crippen molar-refractivity contribution < 1.29 is 19.1 Å². The molecule has 0 radical (unpaired) electrons. The fraction of sp³-hybridized carbons (Fsp3) is 0.214. The second-order valence-corrected chi connectivity index (χ2v) is 5.81. The van der Waals surface area contributed by atoms with Crippen molar-refractivity contribution in [3.05, 3.63) is 45.5 Å². The lowest BCUT2D eigenvalue weighted by molar-refractivity contribution is 0.0521. The van der Waals surface area contributed by atoms with Crippen LogP contribution in [0.25, 0.3) is 0 Å². The van der Waals surface area contributed by atoms with E-state index in [1.165, 1.54) is 0 Å². The normalized spacial score (nSPS) is 10.0. The minimum Gasteiger partial charge on any atom is -0.461 e. The lowest BCUT2D eigenvalue weighted by atomic mass is 10.2. The van der Waals surface area contributed by atoms with Crippen LogP contribution >= 0.6 is 23.6 Å². The SMILES string of the molecule is CCOC(=O)c1[nH]c(=S)sc1NC(=O)OCc1ccccc1. The van der Waals surface area contributed by atoms with E-state index in [9.17, 15) is 9.59 Å². The van der Waals surface area contributed by atoms with Gasteiger partial charge in [0.05, 0.1) is 6.61 Å². The minimum absolute atomic E-state index is 0.119. The number of anilines is 1. The number of ether oxygens (including phenoxy) is 2. The van der Waals surface area contributed by atoms with Gasteiger partial charge >= 0.3 is 12.1 Å². The van der Waals surface area contributed by atoms with E-state index in [1.54, 1.807) is 6.92 Å². The van der Waals surface area contributed by atoms with Gasteiger partial charge in [-0.25, -0.2) is 9.59 Å². The average molecular weight is 338 g/mol. The minimum atomic E-state index is -0.667. The zero-order valence-electron chi connectivity index (χ0n) is 11.8. The first kappa shape index (κ1) is 16.2. The Morgan fingerprint density at radius 1 is 1.27 bits per heavy atom. The zero-order valence-corrected chi connectivity index (χ0v) is 13.4. The summed E-state index contributed by atoms with van der Waals surface area (Å²) in [7, 11) is 0. The summed E-state index contributed by atoms with van der Waals surface area (Å²) in [5, 5.41) is 2.78. The number of hydrogen-bond acceptors (Lipinski definition) is 6. The maximum absolute atomic E-state index is 11.8. The molecule has 1 heterocycles. The number of aromatic nitrogens is 1. The van der Waals surface area contributed by atoms with Crippen molar-refractivity contribution in [1.29, 1.82) is 0 Å². The van der Waals surface area contributed by atoms with Gasteiger partial charge in [0, 0.05) is 0 Å². The molecule has 1 aromatic carbocycles. The van der Waals surface area contributed by atoms with Crippen molar-refractivity contribution in [3.63, 3.8) is 0 Å². The Labute approximate surface area is 136 Å². The summed E-state index contributed by atoms with van der Waals surface area (Å²) < 4.78 is 10.3. The molecule has 0 spiro atoms. The fourth-order valence-corrected chi connectivity index (χ4v) is 2.68. The summed E-state index contributed by atoms with van der Waals surface area (Å²) in [6.07, 6.45) is -0.667. The maximum atomic E-state index is 11.8. The molecule has 2 N–H and O–H groups in total. The zero-order chi connectivity index (χ0) is 15.9. The molecule has 8 heteroatoms. The molecular weight excluding hydrogens is 324 g/mol. The first-order valence-electron chi connectivity index (χ1n) is 6.48. The second-order valence-electron chi connectivity index (χ2n) is 4.13. The van der Waals surface area contributed by atoms with Crippen LogP contribution in [0.1, 0.15) is 23.0 Å². The van der Waals surface area contributed by atoms with Crippen LogP contribution in [-0.4, -0.2) is 23.7 Å². The number of rotatable bonds is 5. The molecule has 0 atom stereocenters. The number of carbonyl (C=O) groups is 2. The van der Waals surface area contributed by atoms with E-state index in [0.29, 0.717) is 3.95 Å². The smallest absolute Gasteiger partial charge is 0.412 e. The number of nitrogens with one attached hydrogen (secondary N) is 2. The Bertz CT molecular complexity index is 709. The Hall–Kier alpha value is -2.19. The highest BCUT2D eigenvalue weighted by molar-refractivity contribution is 7.73. The Morgan fingerprint density at radius 2 is 2.00 bits per heavy atom. The topological polar surface area (TPSA) is 80.4 Å². The molecule has 1 amide bonds. The highest BCUT2D eigenvalue weighted by atomic mass is 32.1. The molecule has 0 unspecified atom stereocenters. The van der Waals surface area contributed by atoms with Crippen molar-refractivity contribution in [2.45, 2.75) is 13.5 Å². The molecule has 0 saturated heterocycles. The van der Waals surface area contributed by atoms with Crippen molar-refractivity contribution in [1.82, 2.24) is 4.98 Å². The first-order chi connectivity index (χ1) is 10.6. The average Bonchev–Trinajstić information content (AvgIpc) is 2.87. The molecule has 0 saturated carbocycles. The van der Waals surface area contributed by atoms with Crippen molar-refractivity contribution >= 4 is 40.6 Å². The summed E-state index contributed by atoms with van der Waals surface area (Å²) in [6.45, 7) is 2.06. The van der Waals surface area contributed by atoms with Gasteiger partial charge in [0.25, 0.3) is 0 Å². The summed E-state index contributed by atoms with van der Waals surface area (Å²) in [6, 6.07) is 9.28. The van der Waals surface area contributed by atoms with Crippen molar-refractivity contribution in [3.8, 4) is 0 Å². The number of benzene rings is 1. The van der Waals surface area contributed by atoms with E-state index >= 15 is 0 Å². The molecule has 0 aliphatic rings. The number of esters is 1. The Balaban J connectivity index is 1.99. The fourth-order valence-electron chi connectivity index (χ4n) is 1.61. The number of carbonyl (C=O) groups excluding carboxylic acids is 2. The van der Waals surface area contributed by atoms with Gasteiger partial charge in [-0.15, -0.1) is 0 Å². The molecule has 1 aromatic heterocycles. The van der Waals surface area contributed by atoms with Crippen LogP contribution in [0.15, 0.2) is 30.3 Å². The van der Waals surface area contributed by atoms with E-state index in [2.05, 4.69) is 10.3 Å². The van der Waals surface area contributed by atoms with Gasteiger partial charge in [-0.2, -0.15) is 0 Å². The lowest BCUT2D eigenvalue weighted by Gasteiger charge is -2.07. The van der Waals surface area contributed by atoms with Gasteiger partial charge in [0.1, 0.15) is 11.6 Å². The van der Waals surface area contributed by atoms with Crippen LogP contribution in [0, 0.1) is 3.95 Å². The highest BCUT2D eigenvalue weighted by Crippen LogP contribution is 2.23. The van der Waals surface area contributed by atoms with Crippen LogP contribution < -0.4 is 5.32 Å². The summed E-state index contributed by atoms with van der Waals surface area (Å²) in [5.74, 6) is -0.576. The van der Waals surface area contributed by atoms with Gasteiger partial charge in [0.15, 0.2) is 9.65 Å². The molecule has 0 bridgehead atoms. The van der Waals surface area contributed by atoms with Gasteiger partial charge in [-0.3, -0.25) is 5.32 Å². The molecule has 116 valence electrons. The standard InChI is InChI=1S/C14H14N2O4S2/c1-2-19-12(17)10-11(22-14(21)15-10)16-13(18)20-8-9-6-4-3-5-7-9/h3-7H,2,8H2,1H3,(H,15,21)(H,16,18). The van der Waals surface area contributed by atoms with Crippen LogP contribution in [0.2, 0.25) is 0 Å². The van der Waals surface area contributed by atoms with E-state index in [1.807, 2.05) is 30.3 Å². The summed E-state index contributed by atoms with van der Waals surface area (Å²) >= 11 is 6.05. The number of aromatic amines is 1. The lowest BCUT2D eigenvalue weighted by Crippen LogP contribution is -2.16. The van der Waals surface area contributed by atoms with Crippen LogP contribution in [0.5, 0.6) is 0 Å². The maximum Gasteiger partial charge on any atom is 0.412 e. The Morgan fingerprint density at radius 3 is 2.68 bits per heavy atom. The molecule has 6 nitrogen and oxygen atoms in total. The summed E-state index contributed by atoms with van der Waals surface area (Å²) in [4.78, 5) is 26.3. The summed E-state index contributed by atoms with van der Waals surface area (Å²) in [5.41, 5.74) is 0.985. The highest BCUT2D eigenvalue weighted by Gasteiger charge is 2.18. The largest absolute Gasteiger partial charge is 0.461 e. The first-order valence-corrected chi connectivity index (χ1v) is 7.70. The molecular formula is C14H14N2O4S2. The number of H-pyrrole nitrogens is 1. The second kappa shape index (κ2) is 7.71. The Kier molecular flexibility index (Phi) is 5.68. The van der Waals surface area contributed by atoms with Crippen LogP contribution in [0.3, 0.4) is 0 Å². The third kappa shape index (κ3) is 4.40. The van der Waals surface area contributed by atoms with Crippen molar-refractivity contribution in [2.24, 2.45) is 0 Å². The van der Waals surface area contributed by atoms with Crippen LogP contribution in [-0.2, 0) is 16.1 Å². The number of amides is 1. The predicted molar refractivity (Wildman–Crippen MR) is 85.7 cm³/mol. The number of thiazole rings is 1. The van der Waals surface area contributed by atoms with Crippen LogP contribution in [0.4, 0.5) is 9.80 Å². The predicted octanol–water partition coefficient (Wildman–Crippen LogP) is 3.73.